The summed E-state index contributed by atoms with van der Waals surface area (Å²) in [6.45, 7) is 9.09. The largest absolute Gasteiger partial charge is 0.308 e. The van der Waals surface area contributed by atoms with Crippen molar-refractivity contribution >= 4 is 0 Å². The molecule has 0 bridgehead atoms. The number of aromatic nitrogens is 1. The highest BCUT2D eigenvalue weighted by Crippen LogP contribution is 2.37. The van der Waals surface area contributed by atoms with Gasteiger partial charge in [0.2, 0.25) is 0 Å². The highest BCUT2D eigenvalue weighted by Gasteiger charge is 2.34. The Hall–Kier alpha value is -0.930. The number of pyridine rings is 1. The summed E-state index contributed by atoms with van der Waals surface area (Å²) in [7, 11) is 0. The summed E-state index contributed by atoms with van der Waals surface area (Å²) in [4.78, 5) is 7.42. The van der Waals surface area contributed by atoms with E-state index in [9.17, 15) is 0 Å². The van der Waals surface area contributed by atoms with Crippen molar-refractivity contribution in [3.63, 3.8) is 0 Å². The SMILES string of the molecule is CCC1(CC)CCN(Cc2cccc(CNC3CC3)n2)C1. The molecule has 0 radical (unpaired) electrons. The van der Waals surface area contributed by atoms with Crippen molar-refractivity contribution in [1.82, 2.24) is 15.2 Å². The standard InChI is InChI=1S/C18H29N3/c1-3-18(4-2)10-11-21(14-18)13-17-7-5-6-16(20-17)12-19-15-8-9-15/h5-7,15,19H,3-4,8-14H2,1-2H3. The maximum Gasteiger partial charge on any atom is 0.0547 e. The van der Waals surface area contributed by atoms with E-state index >= 15 is 0 Å². The molecule has 0 amide bonds. The summed E-state index contributed by atoms with van der Waals surface area (Å²) in [5.74, 6) is 0. The topological polar surface area (TPSA) is 28.2 Å². The number of rotatable bonds is 7. The molecule has 3 rings (SSSR count). The third-order valence-corrected chi connectivity index (χ3v) is 5.42. The van der Waals surface area contributed by atoms with Gasteiger partial charge in [0, 0.05) is 25.7 Å². The zero-order valence-corrected chi connectivity index (χ0v) is 13.6. The van der Waals surface area contributed by atoms with Crippen LogP contribution < -0.4 is 5.32 Å². The fourth-order valence-corrected chi connectivity index (χ4v) is 3.47. The molecule has 1 N–H and O–H groups in total. The Balaban J connectivity index is 1.56. The summed E-state index contributed by atoms with van der Waals surface area (Å²) < 4.78 is 0. The van der Waals surface area contributed by atoms with Gasteiger partial charge in [0.05, 0.1) is 11.4 Å². The molecular formula is C18H29N3. The Bertz CT molecular complexity index is 463. The molecule has 0 unspecified atom stereocenters. The van der Waals surface area contributed by atoms with Crippen LogP contribution in [0.2, 0.25) is 0 Å². The Labute approximate surface area is 129 Å². The third kappa shape index (κ3) is 3.83. The Morgan fingerprint density at radius 1 is 1.24 bits per heavy atom. The van der Waals surface area contributed by atoms with E-state index in [0.29, 0.717) is 5.41 Å². The van der Waals surface area contributed by atoms with Gasteiger partial charge in [0.1, 0.15) is 0 Å². The first-order chi connectivity index (χ1) is 10.2. The van der Waals surface area contributed by atoms with Crippen LogP contribution in [0.3, 0.4) is 0 Å². The molecule has 0 atom stereocenters. The number of nitrogens with one attached hydrogen (secondary N) is 1. The van der Waals surface area contributed by atoms with Crippen molar-refractivity contribution in [1.29, 1.82) is 0 Å². The molecule has 1 saturated carbocycles. The van der Waals surface area contributed by atoms with Gasteiger partial charge in [-0.25, -0.2) is 0 Å². The van der Waals surface area contributed by atoms with Crippen molar-refractivity contribution in [2.75, 3.05) is 13.1 Å². The molecule has 116 valence electrons. The predicted molar refractivity (Wildman–Crippen MR) is 87.0 cm³/mol. The van der Waals surface area contributed by atoms with E-state index in [1.165, 1.54) is 56.6 Å². The van der Waals surface area contributed by atoms with Gasteiger partial charge in [0.25, 0.3) is 0 Å². The minimum absolute atomic E-state index is 0.561. The molecular weight excluding hydrogens is 258 g/mol. The van der Waals surface area contributed by atoms with Crippen LogP contribution in [0.15, 0.2) is 18.2 Å². The van der Waals surface area contributed by atoms with Crippen LogP contribution in [0.25, 0.3) is 0 Å². The van der Waals surface area contributed by atoms with Gasteiger partial charge in [-0.2, -0.15) is 0 Å². The maximum absolute atomic E-state index is 4.83. The number of likely N-dealkylation sites (tertiary alicyclic amines) is 1. The number of hydrogen-bond acceptors (Lipinski definition) is 3. The molecule has 0 aromatic carbocycles. The first kappa shape index (κ1) is 15.0. The normalized spacial score (nSPS) is 21.8. The van der Waals surface area contributed by atoms with Crippen molar-refractivity contribution in [3.8, 4) is 0 Å². The van der Waals surface area contributed by atoms with Gasteiger partial charge in [-0.3, -0.25) is 9.88 Å². The molecule has 0 spiro atoms. The van der Waals surface area contributed by atoms with E-state index in [-0.39, 0.29) is 0 Å². The van der Waals surface area contributed by atoms with E-state index in [1.807, 2.05) is 0 Å². The number of nitrogens with zero attached hydrogens (tertiary/aromatic N) is 2. The molecule has 1 aromatic heterocycles. The summed E-state index contributed by atoms with van der Waals surface area (Å²) in [6, 6.07) is 7.24. The predicted octanol–water partition coefficient (Wildman–Crippen LogP) is 3.35. The first-order valence-electron chi connectivity index (χ1n) is 8.63. The van der Waals surface area contributed by atoms with Crippen molar-refractivity contribution < 1.29 is 0 Å². The van der Waals surface area contributed by atoms with Gasteiger partial charge in [-0.05, 0) is 56.2 Å². The lowest BCUT2D eigenvalue weighted by atomic mass is 9.82. The van der Waals surface area contributed by atoms with Crippen LogP contribution in [0, 0.1) is 5.41 Å². The fourth-order valence-electron chi connectivity index (χ4n) is 3.47. The summed E-state index contributed by atoms with van der Waals surface area (Å²) in [5.41, 5.74) is 2.98. The van der Waals surface area contributed by atoms with Gasteiger partial charge in [-0.15, -0.1) is 0 Å². The Morgan fingerprint density at radius 3 is 2.67 bits per heavy atom. The Kier molecular flexibility index (Phi) is 4.60. The average Bonchev–Trinajstić information content (AvgIpc) is 3.26. The first-order valence-corrected chi connectivity index (χ1v) is 8.63. The van der Waals surface area contributed by atoms with Gasteiger partial charge in [0.15, 0.2) is 0 Å². The summed E-state index contributed by atoms with van der Waals surface area (Å²) in [5, 5.41) is 3.55. The third-order valence-electron chi connectivity index (χ3n) is 5.42. The van der Waals surface area contributed by atoms with Crippen LogP contribution in [0.1, 0.15) is 57.3 Å². The lowest BCUT2D eigenvalue weighted by Crippen LogP contribution is -2.26. The smallest absolute Gasteiger partial charge is 0.0547 e. The molecule has 1 saturated heterocycles. The number of hydrogen-bond donors (Lipinski definition) is 1. The van der Waals surface area contributed by atoms with E-state index in [1.54, 1.807) is 0 Å². The van der Waals surface area contributed by atoms with Gasteiger partial charge >= 0.3 is 0 Å². The summed E-state index contributed by atoms with van der Waals surface area (Å²) >= 11 is 0. The van der Waals surface area contributed by atoms with Crippen molar-refractivity contribution in [2.24, 2.45) is 5.41 Å². The van der Waals surface area contributed by atoms with Crippen LogP contribution in [0.4, 0.5) is 0 Å². The molecule has 3 nitrogen and oxygen atoms in total. The molecule has 2 fully saturated rings. The lowest BCUT2D eigenvalue weighted by Gasteiger charge is -2.26. The van der Waals surface area contributed by atoms with Crippen LogP contribution in [-0.4, -0.2) is 29.0 Å². The van der Waals surface area contributed by atoms with Crippen LogP contribution in [0.5, 0.6) is 0 Å². The maximum atomic E-state index is 4.83. The van der Waals surface area contributed by atoms with Crippen molar-refractivity contribution in [3.05, 3.63) is 29.6 Å². The molecule has 21 heavy (non-hydrogen) atoms. The molecule has 2 aliphatic rings. The summed E-state index contributed by atoms with van der Waals surface area (Å²) in [6.07, 6.45) is 6.63. The average molecular weight is 287 g/mol. The van der Waals surface area contributed by atoms with Gasteiger partial charge in [-0.1, -0.05) is 19.9 Å². The molecule has 1 aliphatic carbocycles. The molecule has 1 aliphatic heterocycles. The molecule has 1 aromatic rings. The van der Waals surface area contributed by atoms with E-state index in [0.717, 1.165) is 19.1 Å². The second-order valence-electron chi connectivity index (χ2n) is 6.94. The highest BCUT2D eigenvalue weighted by molar-refractivity contribution is 5.12. The fraction of sp³-hybridized carbons (Fsp3) is 0.722. The minimum atomic E-state index is 0.561. The minimum Gasteiger partial charge on any atom is -0.308 e. The zero-order valence-electron chi connectivity index (χ0n) is 13.6. The second kappa shape index (κ2) is 6.45. The van der Waals surface area contributed by atoms with Crippen molar-refractivity contribution in [2.45, 2.75) is 65.1 Å². The Morgan fingerprint density at radius 2 is 2.00 bits per heavy atom. The van der Waals surface area contributed by atoms with Crippen LogP contribution in [-0.2, 0) is 13.1 Å². The van der Waals surface area contributed by atoms with Crippen LogP contribution >= 0.6 is 0 Å². The van der Waals surface area contributed by atoms with E-state index in [4.69, 9.17) is 4.98 Å². The zero-order chi connectivity index (χ0) is 14.7. The highest BCUT2D eigenvalue weighted by atomic mass is 15.2. The quantitative estimate of drug-likeness (QED) is 0.833. The molecule has 3 heteroatoms. The monoisotopic (exact) mass is 287 g/mol. The second-order valence-corrected chi connectivity index (χ2v) is 6.94. The van der Waals surface area contributed by atoms with E-state index < -0.39 is 0 Å². The van der Waals surface area contributed by atoms with E-state index in [2.05, 4.69) is 42.3 Å². The lowest BCUT2D eigenvalue weighted by molar-refractivity contribution is 0.234. The molecule has 2 heterocycles. The van der Waals surface area contributed by atoms with Gasteiger partial charge < -0.3 is 5.32 Å².